The van der Waals surface area contributed by atoms with Crippen molar-refractivity contribution in [3.63, 3.8) is 0 Å². The molecule has 0 atom stereocenters. The maximum absolute atomic E-state index is 13.3. The minimum absolute atomic E-state index is 0.0164. The molecule has 2 aromatic rings. The zero-order chi connectivity index (χ0) is 14.5. The fourth-order valence-electron chi connectivity index (χ4n) is 1.62. The van der Waals surface area contributed by atoms with Gasteiger partial charge in [0, 0.05) is 5.56 Å². The molecule has 0 amide bonds. The van der Waals surface area contributed by atoms with Crippen LogP contribution >= 0.6 is 0 Å². The van der Waals surface area contributed by atoms with Crippen molar-refractivity contribution >= 4 is 5.78 Å². The number of rotatable bonds is 4. The van der Waals surface area contributed by atoms with Crippen LogP contribution in [0.3, 0.4) is 0 Å². The highest BCUT2D eigenvalue weighted by molar-refractivity contribution is 5.97. The Balaban J connectivity index is 2.12. The van der Waals surface area contributed by atoms with Gasteiger partial charge in [-0.05, 0) is 24.3 Å². The molecule has 0 unspecified atom stereocenters. The average Bonchev–Trinajstić information content (AvgIpc) is 2.44. The fraction of sp³-hybridized carbons (Fsp3) is 0.0667. The van der Waals surface area contributed by atoms with Crippen molar-refractivity contribution in [2.45, 2.75) is 0 Å². The van der Waals surface area contributed by atoms with Gasteiger partial charge in [0.15, 0.2) is 12.4 Å². The van der Waals surface area contributed by atoms with Gasteiger partial charge in [0.25, 0.3) is 0 Å². The molecular weight excluding hydrogens is 264 g/mol. The molecule has 20 heavy (non-hydrogen) atoms. The summed E-state index contributed by atoms with van der Waals surface area (Å²) in [7, 11) is 0. The monoisotopic (exact) mass is 273 g/mol. The minimum Gasteiger partial charge on any atom is -0.484 e. The third-order valence-electron chi connectivity index (χ3n) is 2.59. The lowest BCUT2D eigenvalue weighted by Crippen LogP contribution is -2.12. The molecule has 0 bridgehead atoms. The van der Waals surface area contributed by atoms with Crippen LogP contribution < -0.4 is 4.74 Å². The standard InChI is InChI=1S/C15H9F2NO2/c16-11-4-1-3-10(7-11)14(19)9-20-15-6-2-5-13(17)12(15)8-18/h1-7H,9H2. The zero-order valence-electron chi connectivity index (χ0n) is 10.3. The molecule has 5 heteroatoms. The highest BCUT2D eigenvalue weighted by atomic mass is 19.1. The van der Waals surface area contributed by atoms with E-state index >= 15 is 0 Å². The van der Waals surface area contributed by atoms with E-state index < -0.39 is 24.0 Å². The second kappa shape index (κ2) is 5.93. The molecule has 0 radical (unpaired) electrons. The van der Waals surface area contributed by atoms with E-state index in [9.17, 15) is 13.6 Å². The van der Waals surface area contributed by atoms with Crippen LogP contribution in [0.4, 0.5) is 8.78 Å². The summed E-state index contributed by atoms with van der Waals surface area (Å²) < 4.78 is 31.4. The first kappa shape index (κ1) is 13.7. The average molecular weight is 273 g/mol. The van der Waals surface area contributed by atoms with Gasteiger partial charge in [0.1, 0.15) is 29.0 Å². The van der Waals surface area contributed by atoms with E-state index in [0.29, 0.717) is 0 Å². The van der Waals surface area contributed by atoms with E-state index in [2.05, 4.69) is 0 Å². The van der Waals surface area contributed by atoms with E-state index in [1.165, 1.54) is 30.3 Å². The summed E-state index contributed by atoms with van der Waals surface area (Å²) in [6.07, 6.45) is 0. The third kappa shape index (κ3) is 2.98. The predicted octanol–water partition coefficient (Wildman–Crippen LogP) is 3.10. The first-order valence-corrected chi connectivity index (χ1v) is 5.72. The van der Waals surface area contributed by atoms with Crippen LogP contribution in [0.5, 0.6) is 5.75 Å². The number of halogens is 2. The van der Waals surface area contributed by atoms with Gasteiger partial charge in [0.05, 0.1) is 0 Å². The summed E-state index contributed by atoms with van der Waals surface area (Å²) in [5.41, 5.74) is -0.112. The number of hydrogen-bond acceptors (Lipinski definition) is 3. The topological polar surface area (TPSA) is 50.1 Å². The molecule has 2 aromatic carbocycles. The van der Waals surface area contributed by atoms with Gasteiger partial charge >= 0.3 is 0 Å². The summed E-state index contributed by atoms with van der Waals surface area (Å²) >= 11 is 0. The van der Waals surface area contributed by atoms with E-state index in [1.807, 2.05) is 0 Å². The van der Waals surface area contributed by atoms with E-state index in [1.54, 1.807) is 6.07 Å². The number of ether oxygens (including phenoxy) is 1. The summed E-state index contributed by atoms with van der Waals surface area (Å²) in [6, 6.07) is 10.7. The molecule has 0 fully saturated rings. The molecule has 0 aliphatic heterocycles. The molecule has 100 valence electrons. The van der Waals surface area contributed by atoms with Gasteiger partial charge in [-0.3, -0.25) is 4.79 Å². The van der Waals surface area contributed by atoms with E-state index in [-0.39, 0.29) is 16.9 Å². The Morgan fingerprint density at radius 2 is 1.95 bits per heavy atom. The number of carbonyl (C=O) groups excluding carboxylic acids is 1. The van der Waals surface area contributed by atoms with Gasteiger partial charge in [-0.15, -0.1) is 0 Å². The van der Waals surface area contributed by atoms with Crippen molar-refractivity contribution < 1.29 is 18.3 Å². The lowest BCUT2D eigenvalue weighted by Gasteiger charge is -2.07. The summed E-state index contributed by atoms with van der Waals surface area (Å²) in [5.74, 6) is -1.72. The maximum atomic E-state index is 13.3. The van der Waals surface area contributed by atoms with Crippen LogP contribution in [0.25, 0.3) is 0 Å². The van der Waals surface area contributed by atoms with Crippen molar-refractivity contribution in [3.8, 4) is 11.8 Å². The van der Waals surface area contributed by atoms with Crippen molar-refractivity contribution in [1.82, 2.24) is 0 Å². The number of nitrogens with zero attached hydrogens (tertiary/aromatic N) is 1. The van der Waals surface area contributed by atoms with Gasteiger partial charge in [-0.25, -0.2) is 8.78 Å². The normalized spacial score (nSPS) is 9.85. The van der Waals surface area contributed by atoms with Crippen molar-refractivity contribution in [1.29, 1.82) is 5.26 Å². The van der Waals surface area contributed by atoms with Crippen LogP contribution in [0.2, 0.25) is 0 Å². The van der Waals surface area contributed by atoms with Crippen molar-refractivity contribution in [3.05, 3.63) is 65.2 Å². The lowest BCUT2D eigenvalue weighted by atomic mass is 10.1. The Bertz CT molecular complexity index is 693. The summed E-state index contributed by atoms with van der Waals surface area (Å²) in [5, 5.41) is 8.81. The molecular formula is C15H9F2NO2. The molecule has 0 aromatic heterocycles. The second-order valence-electron chi connectivity index (χ2n) is 3.95. The Kier molecular flexibility index (Phi) is 4.06. The number of benzene rings is 2. The van der Waals surface area contributed by atoms with Gasteiger partial charge in [-0.2, -0.15) is 5.26 Å². The number of ketones is 1. The van der Waals surface area contributed by atoms with Gasteiger partial charge < -0.3 is 4.74 Å². The Hall–Kier alpha value is -2.74. The molecule has 0 saturated heterocycles. The van der Waals surface area contributed by atoms with Crippen LogP contribution in [0, 0.1) is 23.0 Å². The molecule has 0 saturated carbocycles. The number of Topliss-reactive ketones (excluding diaryl/α,β-unsaturated/α-hetero) is 1. The lowest BCUT2D eigenvalue weighted by molar-refractivity contribution is 0.0920. The smallest absolute Gasteiger partial charge is 0.200 e. The Morgan fingerprint density at radius 3 is 2.65 bits per heavy atom. The largest absolute Gasteiger partial charge is 0.484 e. The Labute approximate surface area is 114 Å². The third-order valence-corrected chi connectivity index (χ3v) is 2.59. The predicted molar refractivity (Wildman–Crippen MR) is 67.3 cm³/mol. The van der Waals surface area contributed by atoms with E-state index in [4.69, 9.17) is 10.00 Å². The van der Waals surface area contributed by atoms with Gasteiger partial charge in [-0.1, -0.05) is 18.2 Å². The number of carbonyl (C=O) groups is 1. The van der Waals surface area contributed by atoms with Crippen molar-refractivity contribution in [2.24, 2.45) is 0 Å². The van der Waals surface area contributed by atoms with Crippen molar-refractivity contribution in [2.75, 3.05) is 6.61 Å². The van der Waals surface area contributed by atoms with Crippen LogP contribution in [0.15, 0.2) is 42.5 Å². The minimum atomic E-state index is -0.719. The first-order chi connectivity index (χ1) is 9.61. The quantitative estimate of drug-likeness (QED) is 0.804. The molecule has 0 heterocycles. The highest BCUT2D eigenvalue weighted by Crippen LogP contribution is 2.20. The number of hydrogen-bond donors (Lipinski definition) is 0. The molecule has 0 aliphatic carbocycles. The first-order valence-electron chi connectivity index (χ1n) is 5.72. The molecule has 0 N–H and O–H groups in total. The molecule has 3 nitrogen and oxygen atoms in total. The van der Waals surface area contributed by atoms with Crippen LogP contribution in [-0.2, 0) is 0 Å². The fourth-order valence-corrected chi connectivity index (χ4v) is 1.62. The molecule has 0 spiro atoms. The van der Waals surface area contributed by atoms with Crippen LogP contribution in [-0.4, -0.2) is 12.4 Å². The summed E-state index contributed by atoms with van der Waals surface area (Å²) in [6.45, 7) is -0.401. The maximum Gasteiger partial charge on any atom is 0.200 e. The van der Waals surface area contributed by atoms with Gasteiger partial charge in [0.2, 0.25) is 0 Å². The van der Waals surface area contributed by atoms with E-state index in [0.717, 1.165) is 12.1 Å². The number of nitriles is 1. The Morgan fingerprint density at radius 1 is 1.20 bits per heavy atom. The highest BCUT2D eigenvalue weighted by Gasteiger charge is 2.12. The zero-order valence-corrected chi connectivity index (χ0v) is 10.3. The molecule has 2 rings (SSSR count). The SMILES string of the molecule is N#Cc1c(F)cccc1OCC(=O)c1cccc(F)c1. The molecule has 0 aliphatic rings. The van der Waals surface area contributed by atoms with Crippen LogP contribution in [0.1, 0.15) is 15.9 Å². The second-order valence-corrected chi connectivity index (χ2v) is 3.95. The summed E-state index contributed by atoms with van der Waals surface area (Å²) in [4.78, 5) is 11.8.